The minimum Gasteiger partial charge on any atom is -0.507 e. The maximum Gasteiger partial charge on any atom is 0.273 e. The van der Waals surface area contributed by atoms with Crippen molar-refractivity contribution in [2.24, 2.45) is 0 Å². The molecule has 1 unspecified atom stereocenters. The van der Waals surface area contributed by atoms with Gasteiger partial charge in [0.15, 0.2) is 0 Å². The van der Waals surface area contributed by atoms with Gasteiger partial charge in [-0.2, -0.15) is 5.10 Å². The van der Waals surface area contributed by atoms with Crippen LogP contribution in [0.4, 0.5) is 0 Å². The third-order valence-electron chi connectivity index (χ3n) is 6.40. The SMILES string of the molecule is Cc1cc(O)c(-c2n[nH]c3c2C(c2ccc(OCc4ccccc4)cc2)N(CCCO)C3=O)cc1Cl. The lowest BCUT2D eigenvalue weighted by Gasteiger charge is -2.26. The first-order valence-corrected chi connectivity index (χ1v) is 12.1. The molecule has 4 aromatic rings. The summed E-state index contributed by atoms with van der Waals surface area (Å²) in [4.78, 5) is 15.0. The number of rotatable bonds is 8. The van der Waals surface area contributed by atoms with E-state index in [1.807, 2.05) is 61.5 Å². The molecule has 0 radical (unpaired) electrons. The maximum atomic E-state index is 13.3. The van der Waals surface area contributed by atoms with Gasteiger partial charge in [-0.05, 0) is 54.3 Å². The van der Waals surface area contributed by atoms with Crippen LogP contribution in [0.3, 0.4) is 0 Å². The number of aromatic nitrogens is 2. The van der Waals surface area contributed by atoms with E-state index in [0.717, 1.165) is 16.7 Å². The van der Waals surface area contributed by atoms with Crippen LogP contribution in [-0.4, -0.2) is 44.4 Å². The van der Waals surface area contributed by atoms with Crippen molar-refractivity contribution in [2.45, 2.75) is 26.0 Å². The standard InChI is InChI=1S/C28H26ClN3O4/c1-17-14-23(34)21(15-22(17)29)25-24-26(31-30-25)28(35)32(12-5-13-33)27(24)19-8-10-20(11-9-19)36-16-18-6-3-2-4-7-18/h2-4,6-11,14-15,27,33-34H,5,12-13,16H2,1H3,(H,30,31). The van der Waals surface area contributed by atoms with Crippen LogP contribution < -0.4 is 4.74 Å². The van der Waals surface area contributed by atoms with Gasteiger partial charge in [0.1, 0.15) is 29.5 Å². The average Bonchev–Trinajstić information content (AvgIpc) is 3.43. The van der Waals surface area contributed by atoms with Crippen molar-refractivity contribution in [1.82, 2.24) is 15.1 Å². The molecule has 1 amide bonds. The molecule has 1 aliphatic heterocycles. The fraction of sp³-hybridized carbons (Fsp3) is 0.214. The number of fused-ring (bicyclic) bond motifs is 1. The van der Waals surface area contributed by atoms with Crippen molar-refractivity contribution in [3.63, 3.8) is 0 Å². The van der Waals surface area contributed by atoms with Crippen molar-refractivity contribution in [1.29, 1.82) is 0 Å². The number of carbonyl (C=O) groups excluding carboxylic acids is 1. The highest BCUT2D eigenvalue weighted by Gasteiger charge is 2.42. The largest absolute Gasteiger partial charge is 0.507 e. The quantitative estimate of drug-likeness (QED) is 0.305. The number of amides is 1. The number of aliphatic hydroxyl groups is 1. The molecule has 1 aliphatic rings. The van der Waals surface area contributed by atoms with Crippen LogP contribution in [0.25, 0.3) is 11.3 Å². The predicted octanol–water partition coefficient (Wildman–Crippen LogP) is 5.25. The van der Waals surface area contributed by atoms with E-state index in [4.69, 9.17) is 16.3 Å². The lowest BCUT2D eigenvalue weighted by molar-refractivity contribution is 0.0732. The second-order valence-corrected chi connectivity index (χ2v) is 9.21. The van der Waals surface area contributed by atoms with Crippen molar-refractivity contribution in [3.05, 3.63) is 99.7 Å². The number of hydrogen-bond donors (Lipinski definition) is 3. The van der Waals surface area contributed by atoms with E-state index in [1.54, 1.807) is 17.0 Å². The van der Waals surface area contributed by atoms with Crippen LogP contribution >= 0.6 is 11.6 Å². The first-order chi connectivity index (χ1) is 17.5. The van der Waals surface area contributed by atoms with Crippen molar-refractivity contribution in [3.8, 4) is 22.8 Å². The van der Waals surface area contributed by atoms with Crippen molar-refractivity contribution < 1.29 is 19.7 Å². The Kier molecular flexibility index (Phi) is 6.67. The Bertz CT molecular complexity index is 1390. The average molecular weight is 504 g/mol. The van der Waals surface area contributed by atoms with Gasteiger partial charge in [0.05, 0.1) is 6.04 Å². The summed E-state index contributed by atoms with van der Waals surface area (Å²) in [5.74, 6) is 0.546. The highest BCUT2D eigenvalue weighted by atomic mass is 35.5. The molecule has 0 aliphatic carbocycles. The number of carbonyl (C=O) groups is 1. The lowest BCUT2D eigenvalue weighted by Crippen LogP contribution is -2.31. The number of aliphatic hydroxyl groups excluding tert-OH is 1. The molecule has 3 aromatic carbocycles. The monoisotopic (exact) mass is 503 g/mol. The molecule has 3 N–H and O–H groups in total. The Morgan fingerprint density at radius 2 is 1.86 bits per heavy atom. The topological polar surface area (TPSA) is 98.7 Å². The number of hydrogen-bond acceptors (Lipinski definition) is 5. The lowest BCUT2D eigenvalue weighted by atomic mass is 9.95. The number of aromatic hydroxyl groups is 1. The molecular weight excluding hydrogens is 478 g/mol. The molecule has 184 valence electrons. The first kappa shape index (κ1) is 23.9. The van der Waals surface area contributed by atoms with Gasteiger partial charge in [-0.15, -0.1) is 0 Å². The molecule has 0 bridgehead atoms. The Hall–Kier alpha value is -3.81. The molecule has 0 saturated carbocycles. The molecular formula is C28H26ClN3O4. The van der Waals surface area contributed by atoms with E-state index in [0.29, 0.717) is 52.9 Å². The molecule has 36 heavy (non-hydrogen) atoms. The smallest absolute Gasteiger partial charge is 0.273 e. The number of phenolic OH excluding ortho intramolecular Hbond substituents is 1. The number of benzene rings is 3. The highest BCUT2D eigenvalue weighted by Crippen LogP contribution is 2.45. The molecule has 0 fully saturated rings. The van der Waals surface area contributed by atoms with Crippen LogP contribution in [0.15, 0.2) is 66.7 Å². The van der Waals surface area contributed by atoms with Gasteiger partial charge in [0, 0.05) is 29.3 Å². The van der Waals surface area contributed by atoms with Crippen LogP contribution in [0.5, 0.6) is 11.5 Å². The van der Waals surface area contributed by atoms with Gasteiger partial charge in [0.2, 0.25) is 0 Å². The minimum absolute atomic E-state index is 0.0316. The van der Waals surface area contributed by atoms with Gasteiger partial charge < -0.3 is 19.8 Å². The molecule has 5 rings (SSSR count). The Balaban J connectivity index is 1.51. The zero-order chi connectivity index (χ0) is 25.2. The number of nitrogens with zero attached hydrogens (tertiary/aromatic N) is 2. The third-order valence-corrected chi connectivity index (χ3v) is 6.80. The van der Waals surface area contributed by atoms with Gasteiger partial charge in [-0.3, -0.25) is 9.89 Å². The molecule has 0 spiro atoms. The Morgan fingerprint density at radius 3 is 2.58 bits per heavy atom. The van der Waals surface area contributed by atoms with E-state index in [1.165, 1.54) is 0 Å². The number of ether oxygens (including phenoxy) is 1. The number of aryl methyl sites for hydroxylation is 1. The van der Waals surface area contributed by atoms with Crippen LogP contribution in [0.1, 0.15) is 45.2 Å². The van der Waals surface area contributed by atoms with E-state index in [9.17, 15) is 15.0 Å². The predicted molar refractivity (Wildman–Crippen MR) is 137 cm³/mol. The van der Waals surface area contributed by atoms with Gasteiger partial charge in [-0.1, -0.05) is 54.1 Å². The number of aromatic amines is 1. The summed E-state index contributed by atoms with van der Waals surface area (Å²) in [5.41, 5.74) is 4.65. The summed E-state index contributed by atoms with van der Waals surface area (Å²) < 4.78 is 5.93. The third kappa shape index (κ3) is 4.43. The maximum absolute atomic E-state index is 13.3. The molecule has 1 aromatic heterocycles. The van der Waals surface area contributed by atoms with Crippen LogP contribution in [0, 0.1) is 6.92 Å². The summed E-state index contributed by atoms with van der Waals surface area (Å²) in [6, 6.07) is 20.3. The van der Waals surface area contributed by atoms with Crippen LogP contribution in [0.2, 0.25) is 5.02 Å². The first-order valence-electron chi connectivity index (χ1n) is 11.7. The summed E-state index contributed by atoms with van der Waals surface area (Å²) in [6.45, 7) is 2.60. The second kappa shape index (κ2) is 10.0. The Labute approximate surface area is 213 Å². The van der Waals surface area contributed by atoms with Crippen molar-refractivity contribution >= 4 is 17.5 Å². The molecule has 0 saturated heterocycles. The van der Waals surface area contributed by atoms with E-state index < -0.39 is 6.04 Å². The summed E-state index contributed by atoms with van der Waals surface area (Å²) in [7, 11) is 0. The van der Waals surface area contributed by atoms with E-state index in [2.05, 4.69) is 10.2 Å². The van der Waals surface area contributed by atoms with Crippen molar-refractivity contribution in [2.75, 3.05) is 13.2 Å². The molecule has 8 heteroatoms. The molecule has 1 atom stereocenters. The fourth-order valence-corrected chi connectivity index (χ4v) is 4.73. The molecule has 2 heterocycles. The number of H-pyrrole nitrogens is 1. The van der Waals surface area contributed by atoms with Crippen LogP contribution in [-0.2, 0) is 6.61 Å². The minimum atomic E-state index is -0.449. The highest BCUT2D eigenvalue weighted by molar-refractivity contribution is 6.31. The van der Waals surface area contributed by atoms with E-state index in [-0.39, 0.29) is 18.3 Å². The number of phenols is 1. The van der Waals surface area contributed by atoms with Gasteiger partial charge in [-0.25, -0.2) is 0 Å². The summed E-state index contributed by atoms with van der Waals surface area (Å²) >= 11 is 6.36. The number of halogens is 1. The zero-order valence-electron chi connectivity index (χ0n) is 19.7. The summed E-state index contributed by atoms with van der Waals surface area (Å²) in [6.07, 6.45) is 0.440. The van der Waals surface area contributed by atoms with E-state index >= 15 is 0 Å². The zero-order valence-corrected chi connectivity index (χ0v) is 20.5. The number of nitrogens with one attached hydrogen (secondary N) is 1. The summed E-state index contributed by atoms with van der Waals surface area (Å²) in [5, 5.41) is 27.9. The fourth-order valence-electron chi connectivity index (χ4n) is 4.56. The second-order valence-electron chi connectivity index (χ2n) is 8.80. The Morgan fingerprint density at radius 1 is 1.11 bits per heavy atom. The van der Waals surface area contributed by atoms with Gasteiger partial charge >= 0.3 is 0 Å². The normalized spacial score (nSPS) is 14.8. The van der Waals surface area contributed by atoms with Gasteiger partial charge in [0.25, 0.3) is 5.91 Å². The molecule has 7 nitrogen and oxygen atoms in total.